The maximum Gasteiger partial charge on any atom is 0.102 e. The quantitative estimate of drug-likeness (QED) is 0.600. The van der Waals surface area contributed by atoms with E-state index in [1.807, 2.05) is 18.2 Å². The molecule has 3 nitrogen and oxygen atoms in total. The molecule has 80 valence electrons. The van der Waals surface area contributed by atoms with Gasteiger partial charge < -0.3 is 0 Å². The maximum absolute atomic E-state index is 5.82. The smallest absolute Gasteiger partial charge is 0.102 e. The number of hydrogen-bond acceptors (Lipinski definition) is 2. The van der Waals surface area contributed by atoms with Crippen molar-refractivity contribution < 1.29 is 0 Å². The lowest BCUT2D eigenvalue weighted by Gasteiger charge is -1.98. The van der Waals surface area contributed by atoms with Gasteiger partial charge in [0.2, 0.25) is 0 Å². The Hall–Kier alpha value is -1.79. The topological polar surface area (TPSA) is 30.7 Å². The van der Waals surface area contributed by atoms with Crippen LogP contribution in [-0.4, -0.2) is 14.8 Å². The van der Waals surface area contributed by atoms with Crippen LogP contribution < -0.4 is 0 Å². The Labute approximate surface area is 99.1 Å². The zero-order valence-electron chi connectivity index (χ0n) is 8.60. The summed E-state index contributed by atoms with van der Waals surface area (Å²) in [5, 5.41) is 4.39. The minimum Gasteiger partial charge on any atom is -0.264 e. The van der Waals surface area contributed by atoms with Gasteiger partial charge in [0.15, 0.2) is 0 Å². The van der Waals surface area contributed by atoms with E-state index >= 15 is 0 Å². The highest BCUT2D eigenvalue weighted by atomic mass is 35.5. The van der Waals surface area contributed by atoms with Gasteiger partial charge in [-0.15, -0.1) is 18.0 Å². The number of aromatic nitrogens is 3. The fourth-order valence-corrected chi connectivity index (χ4v) is 1.66. The summed E-state index contributed by atoms with van der Waals surface area (Å²) in [6.45, 7) is 0.433. The molecule has 0 radical (unpaired) electrons. The highest BCUT2D eigenvalue weighted by molar-refractivity contribution is 6.16. The molecule has 0 fully saturated rings. The molecule has 0 N–H and O–H groups in total. The third-order valence-corrected chi connectivity index (χ3v) is 2.47. The fraction of sp³-hybridized carbons (Fsp3) is 0.167. The number of alkyl halides is 1. The minimum absolute atomic E-state index is 0.398. The molecule has 4 heteroatoms. The molecule has 0 atom stereocenters. The van der Waals surface area contributed by atoms with E-state index in [-0.39, 0.29) is 0 Å². The van der Waals surface area contributed by atoms with Gasteiger partial charge in [-0.05, 0) is 18.2 Å². The summed E-state index contributed by atoms with van der Waals surface area (Å²) in [6.07, 6.45) is 8.76. The molecule has 0 aliphatic rings. The van der Waals surface area contributed by atoms with Crippen LogP contribution in [0.1, 0.15) is 5.69 Å². The van der Waals surface area contributed by atoms with Crippen LogP contribution >= 0.6 is 11.6 Å². The van der Waals surface area contributed by atoms with Crippen LogP contribution in [0.5, 0.6) is 0 Å². The highest BCUT2D eigenvalue weighted by Crippen LogP contribution is 2.18. The van der Waals surface area contributed by atoms with Crippen molar-refractivity contribution in [2.24, 2.45) is 0 Å². The third-order valence-electron chi connectivity index (χ3n) is 2.20. The first kappa shape index (κ1) is 10.7. The van der Waals surface area contributed by atoms with Crippen LogP contribution in [0, 0.1) is 12.3 Å². The average Bonchev–Trinajstić information content (AvgIpc) is 2.74. The summed E-state index contributed by atoms with van der Waals surface area (Å²) in [7, 11) is 0. The van der Waals surface area contributed by atoms with E-state index in [1.54, 1.807) is 17.1 Å². The first-order chi connectivity index (χ1) is 7.85. The summed E-state index contributed by atoms with van der Waals surface area (Å²) in [4.78, 5) is 4.05. The lowest BCUT2D eigenvalue weighted by Crippen LogP contribution is -2.01. The standard InChI is InChI=1S/C12H10ClN3/c1-2-6-16-11(8-13)7-12(15-16)10-4-3-5-14-9-10/h1,3-5,7,9H,6,8H2. The molecule has 0 saturated heterocycles. The molecule has 0 aromatic carbocycles. The van der Waals surface area contributed by atoms with Crippen molar-refractivity contribution >= 4 is 11.6 Å². The molecule has 0 bridgehead atoms. The molecule has 16 heavy (non-hydrogen) atoms. The van der Waals surface area contributed by atoms with E-state index in [2.05, 4.69) is 16.0 Å². The van der Waals surface area contributed by atoms with E-state index in [0.717, 1.165) is 17.0 Å². The number of nitrogens with zero attached hydrogens (tertiary/aromatic N) is 3. The molecule has 0 spiro atoms. The summed E-state index contributed by atoms with van der Waals surface area (Å²) in [6, 6.07) is 5.75. The summed E-state index contributed by atoms with van der Waals surface area (Å²) >= 11 is 5.82. The fourth-order valence-electron chi connectivity index (χ4n) is 1.44. The molecule has 0 aliphatic carbocycles. The van der Waals surface area contributed by atoms with Crippen molar-refractivity contribution in [2.45, 2.75) is 12.4 Å². The normalized spacial score (nSPS) is 10.0. The molecular formula is C12H10ClN3. The minimum atomic E-state index is 0.398. The number of pyridine rings is 1. The van der Waals surface area contributed by atoms with Crippen LogP contribution in [0.15, 0.2) is 30.6 Å². The van der Waals surface area contributed by atoms with Gasteiger partial charge in [0, 0.05) is 18.0 Å². The average molecular weight is 232 g/mol. The van der Waals surface area contributed by atoms with Crippen molar-refractivity contribution in [1.29, 1.82) is 0 Å². The molecule has 2 aromatic heterocycles. The Balaban J connectivity index is 2.41. The number of terminal acetylenes is 1. The second-order valence-corrected chi connectivity index (χ2v) is 3.53. The van der Waals surface area contributed by atoms with E-state index in [1.165, 1.54) is 0 Å². The molecule has 2 aromatic rings. The molecule has 2 rings (SSSR count). The van der Waals surface area contributed by atoms with Gasteiger partial charge >= 0.3 is 0 Å². The number of hydrogen-bond donors (Lipinski definition) is 0. The van der Waals surface area contributed by atoms with Crippen LogP contribution in [0.3, 0.4) is 0 Å². The monoisotopic (exact) mass is 231 g/mol. The molecule has 0 amide bonds. The second kappa shape index (κ2) is 4.82. The van der Waals surface area contributed by atoms with Crippen LogP contribution in [0.4, 0.5) is 0 Å². The first-order valence-electron chi connectivity index (χ1n) is 4.81. The number of halogens is 1. The Morgan fingerprint density at radius 1 is 1.50 bits per heavy atom. The molecule has 0 saturated carbocycles. The zero-order chi connectivity index (χ0) is 11.4. The third kappa shape index (κ3) is 2.07. The maximum atomic E-state index is 5.82. The van der Waals surface area contributed by atoms with Gasteiger partial charge in [-0.3, -0.25) is 9.67 Å². The Bertz CT molecular complexity index is 511. The Morgan fingerprint density at radius 2 is 2.38 bits per heavy atom. The molecular weight excluding hydrogens is 222 g/mol. The van der Waals surface area contributed by atoms with Crippen LogP contribution in [-0.2, 0) is 12.4 Å². The Morgan fingerprint density at radius 3 is 3.00 bits per heavy atom. The van der Waals surface area contributed by atoms with Crippen molar-refractivity contribution in [3.63, 3.8) is 0 Å². The lowest BCUT2D eigenvalue weighted by atomic mass is 10.2. The molecule has 0 aliphatic heterocycles. The van der Waals surface area contributed by atoms with Gasteiger partial charge in [-0.25, -0.2) is 0 Å². The van der Waals surface area contributed by atoms with Crippen molar-refractivity contribution in [2.75, 3.05) is 0 Å². The molecule has 2 heterocycles. The summed E-state index contributed by atoms with van der Waals surface area (Å²) in [5.74, 6) is 2.95. The van der Waals surface area contributed by atoms with E-state index < -0.39 is 0 Å². The predicted octanol–water partition coefficient (Wildman–Crippen LogP) is 2.32. The van der Waals surface area contributed by atoms with Gasteiger partial charge in [0.05, 0.1) is 17.3 Å². The zero-order valence-corrected chi connectivity index (χ0v) is 9.35. The van der Waals surface area contributed by atoms with Crippen molar-refractivity contribution in [3.05, 3.63) is 36.3 Å². The summed E-state index contributed by atoms with van der Waals surface area (Å²) < 4.78 is 1.73. The first-order valence-corrected chi connectivity index (χ1v) is 5.35. The van der Waals surface area contributed by atoms with Gasteiger partial charge in [0.1, 0.15) is 6.54 Å². The highest BCUT2D eigenvalue weighted by Gasteiger charge is 2.07. The number of rotatable bonds is 3. The van der Waals surface area contributed by atoms with Crippen molar-refractivity contribution in [1.82, 2.24) is 14.8 Å². The predicted molar refractivity (Wildman–Crippen MR) is 63.8 cm³/mol. The van der Waals surface area contributed by atoms with Gasteiger partial charge in [-0.1, -0.05) is 5.92 Å². The Kier molecular flexibility index (Phi) is 3.23. The second-order valence-electron chi connectivity index (χ2n) is 3.26. The van der Waals surface area contributed by atoms with Gasteiger partial charge in [-0.2, -0.15) is 5.10 Å². The lowest BCUT2D eigenvalue weighted by molar-refractivity contribution is 0.689. The SMILES string of the molecule is C#CCn1nc(-c2cccnc2)cc1CCl. The largest absolute Gasteiger partial charge is 0.264 e. The van der Waals surface area contributed by atoms with Crippen LogP contribution in [0.2, 0.25) is 0 Å². The summed E-state index contributed by atoms with van der Waals surface area (Å²) in [5.41, 5.74) is 2.72. The van der Waals surface area contributed by atoms with Crippen LogP contribution in [0.25, 0.3) is 11.3 Å². The van der Waals surface area contributed by atoms with E-state index in [9.17, 15) is 0 Å². The van der Waals surface area contributed by atoms with Crippen molar-refractivity contribution in [3.8, 4) is 23.6 Å². The van der Waals surface area contributed by atoms with E-state index in [4.69, 9.17) is 18.0 Å². The molecule has 0 unspecified atom stereocenters. The van der Waals surface area contributed by atoms with Gasteiger partial charge in [0.25, 0.3) is 0 Å². The van der Waals surface area contributed by atoms with E-state index in [0.29, 0.717) is 12.4 Å².